The Hall–Kier alpha value is -1.23. The molecule has 1 aromatic rings. The van der Waals surface area contributed by atoms with Gasteiger partial charge in [-0.3, -0.25) is 15.0 Å². The van der Waals surface area contributed by atoms with Crippen molar-refractivity contribution in [1.29, 1.82) is 0 Å². The number of hydrogen-bond donors (Lipinski definition) is 1. The Morgan fingerprint density at radius 3 is 1.95 bits per heavy atom. The second-order valence-corrected chi connectivity index (χ2v) is 7.12. The molecule has 22 heavy (non-hydrogen) atoms. The summed E-state index contributed by atoms with van der Waals surface area (Å²) in [6.07, 6.45) is 4.98. The predicted octanol–water partition coefficient (Wildman–Crippen LogP) is 3.78. The van der Waals surface area contributed by atoms with Gasteiger partial charge in [-0.25, -0.2) is 0 Å². The first-order valence-electron chi connectivity index (χ1n) is 6.94. The number of hydrazine groups is 1. The van der Waals surface area contributed by atoms with E-state index in [9.17, 15) is 9.59 Å². The standard InChI is InChI=1S/C15H11Cl3N2O2/c16-8-4-9(17)13(10(18)5-8)19-20-14(21)11-6-1-2-7(3-6)12(11)15(20)22/h1-2,4-7,11-12,19H,3H2/t6-,7-,11-,12-/m0/s1. The molecule has 2 amide bonds. The highest BCUT2D eigenvalue weighted by atomic mass is 35.5. The Morgan fingerprint density at radius 1 is 0.955 bits per heavy atom. The molecule has 0 unspecified atom stereocenters. The fourth-order valence-corrected chi connectivity index (χ4v) is 4.67. The number of halogens is 3. The summed E-state index contributed by atoms with van der Waals surface area (Å²) in [5.41, 5.74) is 3.10. The SMILES string of the molecule is O=C1[C@@H]2[C@@H](C(=O)N1Nc1c(Cl)cc(Cl)cc1Cl)[C@H]1C=C[C@H]2C1. The molecule has 2 aliphatic carbocycles. The van der Waals surface area contributed by atoms with E-state index in [0.717, 1.165) is 11.4 Å². The van der Waals surface area contributed by atoms with Crippen LogP contribution in [0.25, 0.3) is 0 Å². The molecule has 1 N–H and O–H groups in total. The summed E-state index contributed by atoms with van der Waals surface area (Å²) in [7, 11) is 0. The maximum atomic E-state index is 12.6. The van der Waals surface area contributed by atoms with E-state index < -0.39 is 0 Å². The maximum Gasteiger partial charge on any atom is 0.252 e. The van der Waals surface area contributed by atoms with Gasteiger partial charge in [0.1, 0.15) is 0 Å². The lowest BCUT2D eigenvalue weighted by molar-refractivity contribution is -0.139. The summed E-state index contributed by atoms with van der Waals surface area (Å²) in [5.74, 6) is -0.633. The monoisotopic (exact) mass is 356 g/mol. The maximum absolute atomic E-state index is 12.6. The second-order valence-electron chi connectivity index (χ2n) is 5.87. The average molecular weight is 358 g/mol. The Morgan fingerprint density at radius 2 is 1.45 bits per heavy atom. The van der Waals surface area contributed by atoms with E-state index in [2.05, 4.69) is 5.43 Å². The van der Waals surface area contributed by atoms with Crippen molar-refractivity contribution in [2.45, 2.75) is 6.42 Å². The van der Waals surface area contributed by atoms with Gasteiger partial charge in [0.25, 0.3) is 11.8 Å². The van der Waals surface area contributed by atoms with Gasteiger partial charge in [-0.15, -0.1) is 0 Å². The first-order valence-corrected chi connectivity index (χ1v) is 8.08. The molecule has 1 aromatic carbocycles. The van der Waals surface area contributed by atoms with Gasteiger partial charge in [0, 0.05) is 5.02 Å². The van der Waals surface area contributed by atoms with E-state index in [1.54, 1.807) is 0 Å². The third-order valence-electron chi connectivity index (χ3n) is 4.70. The molecule has 1 aliphatic heterocycles. The minimum Gasteiger partial charge on any atom is -0.286 e. The molecule has 4 atom stereocenters. The van der Waals surface area contributed by atoms with E-state index in [1.807, 2.05) is 12.2 Å². The Balaban J connectivity index is 1.66. The number of rotatable bonds is 2. The lowest BCUT2D eigenvalue weighted by Crippen LogP contribution is -2.38. The minimum atomic E-state index is -0.264. The first-order chi connectivity index (χ1) is 10.5. The van der Waals surface area contributed by atoms with E-state index in [1.165, 1.54) is 12.1 Å². The van der Waals surface area contributed by atoms with E-state index >= 15 is 0 Å². The zero-order chi connectivity index (χ0) is 15.6. The van der Waals surface area contributed by atoms with Crippen LogP contribution < -0.4 is 5.43 Å². The molecule has 3 aliphatic rings. The summed E-state index contributed by atoms with van der Waals surface area (Å²) in [4.78, 5) is 25.2. The molecule has 4 rings (SSSR count). The van der Waals surface area contributed by atoms with Crippen LogP contribution in [-0.4, -0.2) is 16.8 Å². The number of nitrogens with zero attached hydrogens (tertiary/aromatic N) is 1. The molecule has 4 nitrogen and oxygen atoms in total. The van der Waals surface area contributed by atoms with Crippen molar-refractivity contribution in [3.63, 3.8) is 0 Å². The molecule has 7 heteroatoms. The van der Waals surface area contributed by atoms with Gasteiger partial charge >= 0.3 is 0 Å². The number of carbonyl (C=O) groups is 2. The predicted molar refractivity (Wildman–Crippen MR) is 84.7 cm³/mol. The largest absolute Gasteiger partial charge is 0.286 e. The van der Waals surface area contributed by atoms with E-state index in [-0.39, 0.29) is 45.5 Å². The quantitative estimate of drug-likeness (QED) is 0.647. The minimum absolute atomic E-state index is 0.161. The highest BCUT2D eigenvalue weighted by Gasteiger charge is 2.59. The van der Waals surface area contributed by atoms with Gasteiger partial charge in [-0.1, -0.05) is 47.0 Å². The zero-order valence-electron chi connectivity index (χ0n) is 11.2. The van der Waals surface area contributed by atoms with Gasteiger partial charge in [0.05, 0.1) is 27.6 Å². The van der Waals surface area contributed by atoms with Crippen molar-refractivity contribution in [3.05, 3.63) is 39.4 Å². The van der Waals surface area contributed by atoms with E-state index in [0.29, 0.717) is 10.7 Å². The average Bonchev–Trinajstić information content (AvgIpc) is 3.10. The van der Waals surface area contributed by atoms with Gasteiger partial charge < -0.3 is 0 Å². The third-order valence-corrected chi connectivity index (χ3v) is 5.52. The fraction of sp³-hybridized carbons (Fsp3) is 0.333. The summed E-state index contributed by atoms with van der Waals surface area (Å²) in [5, 5.41) is 1.97. The summed E-state index contributed by atoms with van der Waals surface area (Å²) in [6, 6.07) is 3.02. The molecule has 2 fully saturated rings. The van der Waals surface area contributed by atoms with Crippen LogP contribution in [0.2, 0.25) is 15.1 Å². The van der Waals surface area contributed by atoms with Crippen LogP contribution in [0.15, 0.2) is 24.3 Å². The van der Waals surface area contributed by atoms with Crippen LogP contribution in [0.5, 0.6) is 0 Å². The number of hydrogen-bond acceptors (Lipinski definition) is 3. The highest BCUT2D eigenvalue weighted by Crippen LogP contribution is 2.52. The number of allylic oxidation sites excluding steroid dienone is 2. The first kappa shape index (κ1) is 14.4. The van der Waals surface area contributed by atoms with Gasteiger partial charge in [-0.2, -0.15) is 5.01 Å². The number of nitrogens with one attached hydrogen (secondary N) is 1. The molecule has 1 saturated heterocycles. The van der Waals surface area contributed by atoms with Crippen molar-refractivity contribution in [3.8, 4) is 0 Å². The third kappa shape index (κ3) is 1.91. The molecule has 0 aromatic heterocycles. The zero-order valence-corrected chi connectivity index (χ0v) is 13.5. The Kier molecular flexibility index (Phi) is 3.19. The topological polar surface area (TPSA) is 49.4 Å². The molecule has 1 saturated carbocycles. The van der Waals surface area contributed by atoms with Crippen LogP contribution in [0.3, 0.4) is 0 Å². The second kappa shape index (κ2) is 4.88. The van der Waals surface area contributed by atoms with E-state index in [4.69, 9.17) is 34.8 Å². The number of carbonyl (C=O) groups excluding carboxylic acids is 2. The lowest BCUT2D eigenvalue weighted by Gasteiger charge is -2.20. The van der Waals surface area contributed by atoms with Gasteiger partial charge in [0.2, 0.25) is 0 Å². The van der Waals surface area contributed by atoms with Crippen molar-refractivity contribution in [2.75, 3.05) is 5.43 Å². The smallest absolute Gasteiger partial charge is 0.252 e. The molecule has 0 spiro atoms. The number of amides is 2. The molecule has 1 heterocycles. The van der Waals surface area contributed by atoms with Gasteiger partial charge in [0.15, 0.2) is 0 Å². The lowest BCUT2D eigenvalue weighted by atomic mass is 9.85. The molecule has 0 radical (unpaired) electrons. The van der Waals surface area contributed by atoms with Crippen molar-refractivity contribution < 1.29 is 9.59 Å². The van der Waals surface area contributed by atoms with Crippen LogP contribution >= 0.6 is 34.8 Å². The normalized spacial score (nSPS) is 32.0. The molecule has 114 valence electrons. The van der Waals surface area contributed by atoms with Crippen LogP contribution in [-0.2, 0) is 9.59 Å². The van der Waals surface area contributed by atoms with Crippen LogP contribution in [0.4, 0.5) is 5.69 Å². The Labute approximate surface area is 142 Å². The number of fused-ring (bicyclic) bond motifs is 5. The molecule has 2 bridgehead atoms. The number of imide groups is 1. The van der Waals surface area contributed by atoms with Crippen LogP contribution in [0.1, 0.15) is 6.42 Å². The fourth-order valence-electron chi connectivity index (χ4n) is 3.77. The summed E-state index contributed by atoms with van der Waals surface area (Å²) >= 11 is 18.1. The van der Waals surface area contributed by atoms with Crippen molar-refractivity contribution in [2.24, 2.45) is 23.7 Å². The van der Waals surface area contributed by atoms with Crippen molar-refractivity contribution >= 4 is 52.3 Å². The number of anilines is 1. The van der Waals surface area contributed by atoms with Gasteiger partial charge in [-0.05, 0) is 30.4 Å². The van der Waals surface area contributed by atoms with Crippen LogP contribution in [0, 0.1) is 23.7 Å². The molecular formula is C15H11Cl3N2O2. The Bertz CT molecular complexity index is 680. The molecular weight excluding hydrogens is 347 g/mol. The number of benzene rings is 1. The van der Waals surface area contributed by atoms with Crippen molar-refractivity contribution in [1.82, 2.24) is 5.01 Å². The summed E-state index contributed by atoms with van der Waals surface area (Å²) in [6.45, 7) is 0. The summed E-state index contributed by atoms with van der Waals surface area (Å²) < 4.78 is 0. The highest BCUT2D eigenvalue weighted by molar-refractivity contribution is 6.41.